The number of halogens is 1. The number of nitrogens with two attached hydrogens (primary N) is 1. The molecule has 7 heteroatoms. The molecule has 0 bridgehead atoms. The summed E-state index contributed by atoms with van der Waals surface area (Å²) in [7, 11) is 0. The molecule has 0 spiro atoms. The molecule has 0 unspecified atom stereocenters. The number of benzene rings is 2. The quantitative estimate of drug-likeness (QED) is 0.549. The standard InChI is InChI=1S/C21H23N3O2S.ClH/c22-7-6-17-12-23-21(27)24(17)18-9-16-10-19(25)15(11-20(16)26-13-18)8-14-4-2-1-3-5-14;/h1-5,10-12,18,25H,6-9,13,22H2,(H,23,27);1H/t18-;/m0./s1. The lowest BCUT2D eigenvalue weighted by Crippen LogP contribution is -2.26. The fraction of sp³-hybridized carbons (Fsp3) is 0.286. The molecule has 1 aliphatic rings. The second kappa shape index (κ2) is 8.82. The summed E-state index contributed by atoms with van der Waals surface area (Å²) in [6, 6.07) is 14.0. The average molecular weight is 418 g/mol. The summed E-state index contributed by atoms with van der Waals surface area (Å²) in [5.41, 5.74) is 9.84. The fourth-order valence-corrected chi connectivity index (χ4v) is 4.05. The minimum Gasteiger partial charge on any atom is -0.508 e. The Morgan fingerprint density at radius 1 is 1.25 bits per heavy atom. The minimum absolute atomic E-state index is 0. The molecule has 0 saturated carbocycles. The summed E-state index contributed by atoms with van der Waals surface area (Å²) in [6.45, 7) is 1.12. The van der Waals surface area contributed by atoms with Gasteiger partial charge in [0.05, 0.1) is 6.04 Å². The number of hydrogen-bond donors (Lipinski definition) is 3. The van der Waals surface area contributed by atoms with Gasteiger partial charge in [0.25, 0.3) is 0 Å². The molecule has 3 aromatic rings. The Morgan fingerprint density at radius 2 is 2.04 bits per heavy atom. The van der Waals surface area contributed by atoms with Crippen LogP contribution in [0.1, 0.15) is 28.4 Å². The second-order valence-corrected chi connectivity index (χ2v) is 7.30. The van der Waals surface area contributed by atoms with Gasteiger partial charge < -0.3 is 25.1 Å². The van der Waals surface area contributed by atoms with E-state index in [0.29, 0.717) is 30.1 Å². The Balaban J connectivity index is 0.00000225. The number of aromatic nitrogens is 2. The van der Waals surface area contributed by atoms with Crippen LogP contribution in [0.25, 0.3) is 0 Å². The van der Waals surface area contributed by atoms with Gasteiger partial charge in [0.2, 0.25) is 0 Å². The van der Waals surface area contributed by atoms with Crippen LogP contribution >= 0.6 is 24.6 Å². The van der Waals surface area contributed by atoms with Gasteiger partial charge in [-0.15, -0.1) is 12.4 Å². The number of ether oxygens (including phenoxy) is 1. The van der Waals surface area contributed by atoms with E-state index in [9.17, 15) is 5.11 Å². The maximum Gasteiger partial charge on any atom is 0.177 e. The molecule has 0 saturated heterocycles. The number of fused-ring (bicyclic) bond motifs is 1. The fourth-order valence-electron chi connectivity index (χ4n) is 3.72. The average Bonchev–Trinajstić information content (AvgIpc) is 3.03. The number of phenols is 1. The van der Waals surface area contributed by atoms with Crippen molar-refractivity contribution in [3.05, 3.63) is 75.8 Å². The van der Waals surface area contributed by atoms with E-state index in [1.807, 2.05) is 36.5 Å². The van der Waals surface area contributed by atoms with Crippen molar-refractivity contribution in [1.82, 2.24) is 9.55 Å². The number of hydrogen-bond acceptors (Lipinski definition) is 4. The molecule has 1 aromatic heterocycles. The van der Waals surface area contributed by atoms with Crippen LogP contribution in [0, 0.1) is 4.77 Å². The Labute approximate surface area is 175 Å². The number of nitrogens with zero attached hydrogens (tertiary/aromatic N) is 1. The highest BCUT2D eigenvalue weighted by atomic mass is 35.5. The summed E-state index contributed by atoms with van der Waals surface area (Å²) < 4.78 is 8.84. The van der Waals surface area contributed by atoms with Gasteiger partial charge in [0, 0.05) is 36.7 Å². The van der Waals surface area contributed by atoms with E-state index in [2.05, 4.69) is 21.7 Å². The van der Waals surface area contributed by atoms with Crippen molar-refractivity contribution in [3.63, 3.8) is 0 Å². The van der Waals surface area contributed by atoms with E-state index in [-0.39, 0.29) is 18.4 Å². The lowest BCUT2D eigenvalue weighted by Gasteiger charge is -2.28. The maximum absolute atomic E-state index is 10.5. The van der Waals surface area contributed by atoms with Gasteiger partial charge in [-0.1, -0.05) is 30.3 Å². The van der Waals surface area contributed by atoms with Crippen molar-refractivity contribution >= 4 is 24.6 Å². The second-order valence-electron chi connectivity index (χ2n) is 6.91. The van der Waals surface area contributed by atoms with Crippen LogP contribution in [0.2, 0.25) is 0 Å². The molecule has 4 N–H and O–H groups in total. The van der Waals surface area contributed by atoms with Gasteiger partial charge in [0.15, 0.2) is 4.77 Å². The van der Waals surface area contributed by atoms with Gasteiger partial charge in [-0.3, -0.25) is 0 Å². The predicted octanol–water partition coefficient (Wildman–Crippen LogP) is 3.94. The van der Waals surface area contributed by atoms with E-state index in [0.717, 1.165) is 41.0 Å². The summed E-state index contributed by atoms with van der Waals surface area (Å²) in [5.74, 6) is 1.15. The number of H-pyrrole nitrogens is 1. The first-order valence-corrected chi connectivity index (χ1v) is 9.57. The van der Waals surface area contributed by atoms with Crippen LogP contribution < -0.4 is 10.5 Å². The third kappa shape index (κ3) is 4.09. The first kappa shape index (κ1) is 20.5. The summed E-state index contributed by atoms with van der Waals surface area (Å²) in [4.78, 5) is 3.11. The molecule has 0 aliphatic carbocycles. The smallest absolute Gasteiger partial charge is 0.177 e. The summed E-state index contributed by atoms with van der Waals surface area (Å²) >= 11 is 5.45. The predicted molar refractivity (Wildman–Crippen MR) is 115 cm³/mol. The molecule has 1 aliphatic heterocycles. The number of imidazole rings is 1. The summed E-state index contributed by atoms with van der Waals surface area (Å²) in [5, 5.41) is 10.5. The molecule has 0 amide bonds. The van der Waals surface area contributed by atoms with Crippen LogP contribution in [0.4, 0.5) is 0 Å². The first-order valence-electron chi connectivity index (χ1n) is 9.16. The largest absolute Gasteiger partial charge is 0.508 e. The van der Waals surface area contributed by atoms with Crippen molar-refractivity contribution in [3.8, 4) is 11.5 Å². The van der Waals surface area contributed by atoms with Crippen molar-refractivity contribution in [1.29, 1.82) is 0 Å². The highest BCUT2D eigenvalue weighted by Crippen LogP contribution is 2.36. The SMILES string of the molecule is Cl.NCCc1c[nH]c(=S)n1[C@@H]1COc2cc(Cc3ccccc3)c(O)cc2C1. The van der Waals surface area contributed by atoms with Crippen molar-refractivity contribution in [2.45, 2.75) is 25.3 Å². The Bertz CT molecular complexity index is 1000. The summed E-state index contributed by atoms with van der Waals surface area (Å²) in [6.07, 6.45) is 4.12. The zero-order valence-corrected chi connectivity index (χ0v) is 17.1. The number of aromatic amines is 1. The van der Waals surface area contributed by atoms with Crippen LogP contribution in [-0.4, -0.2) is 27.8 Å². The maximum atomic E-state index is 10.5. The third-order valence-corrected chi connectivity index (χ3v) is 5.36. The zero-order chi connectivity index (χ0) is 18.8. The molecule has 2 aromatic carbocycles. The molecule has 4 rings (SSSR count). The van der Waals surface area contributed by atoms with E-state index >= 15 is 0 Å². The van der Waals surface area contributed by atoms with E-state index < -0.39 is 0 Å². The molecule has 0 fully saturated rings. The van der Waals surface area contributed by atoms with Gasteiger partial charge in [-0.2, -0.15) is 0 Å². The van der Waals surface area contributed by atoms with Gasteiger partial charge in [-0.05, 0) is 42.0 Å². The van der Waals surface area contributed by atoms with Crippen LogP contribution in [0.3, 0.4) is 0 Å². The minimum atomic E-state index is 0. The van der Waals surface area contributed by atoms with Crippen LogP contribution in [-0.2, 0) is 19.3 Å². The van der Waals surface area contributed by atoms with Crippen LogP contribution in [0.15, 0.2) is 48.7 Å². The first-order chi connectivity index (χ1) is 13.2. The Kier molecular flexibility index (Phi) is 6.44. The van der Waals surface area contributed by atoms with Gasteiger partial charge in [0.1, 0.15) is 18.1 Å². The van der Waals surface area contributed by atoms with Gasteiger partial charge >= 0.3 is 0 Å². The lowest BCUT2D eigenvalue weighted by atomic mass is 9.97. The van der Waals surface area contributed by atoms with E-state index in [1.54, 1.807) is 0 Å². The van der Waals surface area contributed by atoms with Gasteiger partial charge in [-0.25, -0.2) is 0 Å². The molecular weight excluding hydrogens is 394 g/mol. The van der Waals surface area contributed by atoms with E-state index in [4.69, 9.17) is 22.7 Å². The van der Waals surface area contributed by atoms with Crippen LogP contribution in [0.5, 0.6) is 11.5 Å². The molecule has 148 valence electrons. The van der Waals surface area contributed by atoms with E-state index in [1.165, 1.54) is 0 Å². The Morgan fingerprint density at radius 3 is 2.79 bits per heavy atom. The highest BCUT2D eigenvalue weighted by molar-refractivity contribution is 7.71. The number of phenolic OH excluding ortho intramolecular Hbond substituents is 1. The number of aromatic hydroxyl groups is 1. The number of nitrogens with one attached hydrogen (secondary N) is 1. The zero-order valence-electron chi connectivity index (χ0n) is 15.4. The Hall–Kier alpha value is -2.28. The lowest BCUT2D eigenvalue weighted by molar-refractivity contribution is 0.219. The van der Waals surface area contributed by atoms with Crippen molar-refractivity contribution in [2.75, 3.05) is 13.2 Å². The molecular formula is C21H24ClN3O2S. The van der Waals surface area contributed by atoms with Crippen molar-refractivity contribution < 1.29 is 9.84 Å². The monoisotopic (exact) mass is 417 g/mol. The highest BCUT2D eigenvalue weighted by Gasteiger charge is 2.25. The topological polar surface area (TPSA) is 76.2 Å². The molecule has 2 heterocycles. The third-order valence-electron chi connectivity index (χ3n) is 5.04. The number of rotatable bonds is 5. The molecule has 5 nitrogen and oxygen atoms in total. The molecule has 28 heavy (non-hydrogen) atoms. The normalized spacial score (nSPS) is 15.4. The van der Waals surface area contributed by atoms with Crippen molar-refractivity contribution in [2.24, 2.45) is 5.73 Å². The molecule has 1 atom stereocenters. The molecule has 0 radical (unpaired) electrons.